The van der Waals surface area contributed by atoms with Crippen LogP contribution < -0.4 is 0 Å². The number of aliphatic hydroxyl groups is 1. The molecule has 0 aromatic heterocycles. The lowest BCUT2D eigenvalue weighted by atomic mass is 10.0. The second-order valence-electron chi connectivity index (χ2n) is 5.65. The number of hydrogen-bond donors (Lipinski definition) is 1. The molecule has 0 heterocycles. The van der Waals surface area contributed by atoms with Crippen LogP contribution in [0.2, 0.25) is 0 Å². The van der Waals surface area contributed by atoms with E-state index in [1.807, 2.05) is 6.08 Å². The van der Waals surface area contributed by atoms with Gasteiger partial charge in [0.2, 0.25) is 0 Å². The fraction of sp³-hybridized carbons (Fsp3) is 0.647. The zero-order valence-electron chi connectivity index (χ0n) is 12.2. The van der Waals surface area contributed by atoms with Crippen LogP contribution >= 0.6 is 0 Å². The van der Waals surface area contributed by atoms with Gasteiger partial charge in [-0.15, -0.1) is 0 Å². The molecule has 0 radical (unpaired) electrons. The second kappa shape index (κ2) is 8.31. The Morgan fingerprint density at radius 2 is 1.67 bits per heavy atom. The molecular weight excluding hydrogens is 220 g/mol. The van der Waals surface area contributed by atoms with E-state index in [-0.39, 0.29) is 6.61 Å². The van der Waals surface area contributed by atoms with Gasteiger partial charge in [0.15, 0.2) is 0 Å². The van der Waals surface area contributed by atoms with E-state index >= 15 is 0 Å². The van der Waals surface area contributed by atoms with E-state index in [0.29, 0.717) is 0 Å². The molecule has 1 N–H and O–H groups in total. The molecule has 1 heteroatoms. The minimum Gasteiger partial charge on any atom is -0.392 e. The predicted molar refractivity (Wildman–Crippen MR) is 79.5 cm³/mol. The molecule has 0 saturated heterocycles. The van der Waals surface area contributed by atoms with Crippen molar-refractivity contribution in [2.45, 2.75) is 59.3 Å². The molecule has 0 spiro atoms. The monoisotopic (exact) mass is 248 g/mol. The highest BCUT2D eigenvalue weighted by Crippen LogP contribution is 2.38. The van der Waals surface area contributed by atoms with Gasteiger partial charge in [-0.3, -0.25) is 0 Å². The summed E-state index contributed by atoms with van der Waals surface area (Å²) in [5.41, 5.74) is 4.38. The molecule has 0 aliphatic heterocycles. The molecule has 1 fully saturated rings. The van der Waals surface area contributed by atoms with Gasteiger partial charge >= 0.3 is 0 Å². The highest BCUT2D eigenvalue weighted by atomic mass is 16.2. The lowest BCUT2D eigenvalue weighted by Gasteiger charge is -2.04. The normalized spacial score (nSPS) is 16.9. The molecule has 0 amide bonds. The van der Waals surface area contributed by atoms with Crippen molar-refractivity contribution in [3.05, 3.63) is 34.9 Å². The average molecular weight is 248 g/mol. The summed E-state index contributed by atoms with van der Waals surface area (Å²) in [7, 11) is 0. The first-order valence-electron chi connectivity index (χ1n) is 7.22. The van der Waals surface area contributed by atoms with Gasteiger partial charge in [-0.2, -0.15) is 0 Å². The molecular formula is C17H28O. The first-order valence-corrected chi connectivity index (χ1v) is 7.22. The number of aliphatic hydroxyl groups excluding tert-OH is 1. The fourth-order valence-electron chi connectivity index (χ4n) is 2.22. The van der Waals surface area contributed by atoms with Crippen molar-refractivity contribution >= 4 is 0 Å². The Morgan fingerprint density at radius 3 is 2.22 bits per heavy atom. The van der Waals surface area contributed by atoms with Crippen LogP contribution in [0.25, 0.3) is 0 Å². The molecule has 0 bridgehead atoms. The summed E-state index contributed by atoms with van der Waals surface area (Å²) in [6.45, 7) is 6.74. The standard InChI is InChI=1S/C17H28O/c1-14(2)6-4-7-15(3)8-5-9-16(12-13-18)17-10-11-17/h6,8,12,17-18H,4-5,7,9-11,13H2,1-3H3/b15-8+,16-12-. The molecule has 0 aromatic carbocycles. The molecule has 1 aliphatic rings. The minimum atomic E-state index is 0.203. The molecule has 0 aromatic rings. The fourth-order valence-corrected chi connectivity index (χ4v) is 2.22. The van der Waals surface area contributed by atoms with Crippen LogP contribution in [-0.2, 0) is 0 Å². The van der Waals surface area contributed by atoms with E-state index in [2.05, 4.69) is 32.9 Å². The van der Waals surface area contributed by atoms with Crippen molar-refractivity contribution in [1.82, 2.24) is 0 Å². The van der Waals surface area contributed by atoms with Crippen molar-refractivity contribution in [1.29, 1.82) is 0 Å². The van der Waals surface area contributed by atoms with Gasteiger partial charge in [0, 0.05) is 0 Å². The van der Waals surface area contributed by atoms with E-state index in [1.165, 1.54) is 36.0 Å². The summed E-state index contributed by atoms with van der Waals surface area (Å²) in [6.07, 6.45) is 13.9. The zero-order chi connectivity index (χ0) is 13.4. The Kier molecular flexibility index (Phi) is 7.04. The van der Waals surface area contributed by atoms with Crippen molar-refractivity contribution in [3.63, 3.8) is 0 Å². The highest BCUT2D eigenvalue weighted by molar-refractivity contribution is 5.14. The zero-order valence-corrected chi connectivity index (χ0v) is 12.2. The minimum absolute atomic E-state index is 0.203. The number of allylic oxidation sites excluding steroid dienone is 5. The van der Waals surface area contributed by atoms with E-state index in [4.69, 9.17) is 5.11 Å². The number of rotatable bonds is 8. The highest BCUT2D eigenvalue weighted by Gasteiger charge is 2.24. The van der Waals surface area contributed by atoms with E-state index in [9.17, 15) is 0 Å². The van der Waals surface area contributed by atoms with E-state index in [0.717, 1.165) is 25.2 Å². The summed E-state index contributed by atoms with van der Waals surface area (Å²) in [5, 5.41) is 8.99. The Bertz CT molecular complexity index is 326. The van der Waals surface area contributed by atoms with Crippen LogP contribution in [-0.4, -0.2) is 11.7 Å². The SMILES string of the molecule is CC(C)=CCC/C(C)=C/CC/C(=C/CO)C1CC1. The van der Waals surface area contributed by atoms with Crippen LogP contribution in [0, 0.1) is 5.92 Å². The van der Waals surface area contributed by atoms with Crippen LogP contribution in [0.4, 0.5) is 0 Å². The van der Waals surface area contributed by atoms with E-state index < -0.39 is 0 Å². The Labute approximate surface area is 112 Å². The number of hydrogen-bond acceptors (Lipinski definition) is 1. The first kappa shape index (κ1) is 15.2. The summed E-state index contributed by atoms with van der Waals surface area (Å²) >= 11 is 0. The second-order valence-corrected chi connectivity index (χ2v) is 5.65. The largest absolute Gasteiger partial charge is 0.392 e. The van der Waals surface area contributed by atoms with Crippen molar-refractivity contribution in [3.8, 4) is 0 Å². The molecule has 1 nitrogen and oxygen atoms in total. The van der Waals surface area contributed by atoms with Gasteiger partial charge in [-0.25, -0.2) is 0 Å². The summed E-state index contributed by atoms with van der Waals surface area (Å²) < 4.78 is 0. The Balaban J connectivity index is 2.25. The molecule has 102 valence electrons. The first-order chi connectivity index (χ1) is 8.63. The van der Waals surface area contributed by atoms with Gasteiger partial charge in [0.25, 0.3) is 0 Å². The maximum absolute atomic E-state index is 8.99. The van der Waals surface area contributed by atoms with Gasteiger partial charge in [-0.05, 0) is 65.2 Å². The van der Waals surface area contributed by atoms with Gasteiger partial charge in [-0.1, -0.05) is 34.9 Å². The summed E-state index contributed by atoms with van der Waals surface area (Å²) in [4.78, 5) is 0. The smallest absolute Gasteiger partial charge is 0.0615 e. The molecule has 18 heavy (non-hydrogen) atoms. The maximum atomic E-state index is 8.99. The van der Waals surface area contributed by atoms with Crippen molar-refractivity contribution in [2.24, 2.45) is 5.92 Å². The van der Waals surface area contributed by atoms with Crippen LogP contribution in [0.15, 0.2) is 34.9 Å². The van der Waals surface area contributed by atoms with Crippen molar-refractivity contribution < 1.29 is 5.11 Å². The van der Waals surface area contributed by atoms with Crippen LogP contribution in [0.3, 0.4) is 0 Å². The Morgan fingerprint density at radius 1 is 1.00 bits per heavy atom. The van der Waals surface area contributed by atoms with Gasteiger partial charge in [0.1, 0.15) is 0 Å². The molecule has 1 aliphatic carbocycles. The average Bonchev–Trinajstić information content (AvgIpc) is 3.11. The van der Waals surface area contributed by atoms with Crippen LogP contribution in [0.5, 0.6) is 0 Å². The molecule has 0 atom stereocenters. The summed E-state index contributed by atoms with van der Waals surface area (Å²) in [6, 6.07) is 0. The third-order valence-corrected chi connectivity index (χ3v) is 3.47. The predicted octanol–water partition coefficient (Wildman–Crippen LogP) is 4.79. The third-order valence-electron chi connectivity index (χ3n) is 3.47. The molecule has 1 rings (SSSR count). The van der Waals surface area contributed by atoms with Crippen molar-refractivity contribution in [2.75, 3.05) is 6.61 Å². The van der Waals surface area contributed by atoms with Gasteiger partial charge in [0.05, 0.1) is 6.61 Å². The molecule has 0 unspecified atom stereocenters. The van der Waals surface area contributed by atoms with Crippen LogP contribution in [0.1, 0.15) is 59.3 Å². The molecule has 1 saturated carbocycles. The van der Waals surface area contributed by atoms with Gasteiger partial charge < -0.3 is 5.11 Å². The lowest BCUT2D eigenvalue weighted by molar-refractivity contribution is 0.341. The Hall–Kier alpha value is -0.820. The lowest BCUT2D eigenvalue weighted by Crippen LogP contribution is -1.89. The summed E-state index contributed by atoms with van der Waals surface area (Å²) in [5.74, 6) is 0.788. The van der Waals surface area contributed by atoms with E-state index in [1.54, 1.807) is 0 Å². The quantitative estimate of drug-likeness (QED) is 0.612. The topological polar surface area (TPSA) is 20.2 Å². The maximum Gasteiger partial charge on any atom is 0.0615 e. The third kappa shape index (κ3) is 6.80.